The van der Waals surface area contributed by atoms with Crippen LogP contribution in [-0.4, -0.2) is 11.0 Å². The lowest BCUT2D eigenvalue weighted by atomic mass is 10.1. The summed E-state index contributed by atoms with van der Waals surface area (Å²) in [7, 11) is 0. The van der Waals surface area contributed by atoms with Gasteiger partial charge < -0.3 is 10.5 Å². The lowest BCUT2D eigenvalue weighted by molar-refractivity contribution is 0.462. The van der Waals surface area contributed by atoms with Crippen molar-refractivity contribution in [3.8, 4) is 23.5 Å². The zero-order valence-electron chi connectivity index (χ0n) is 14.1. The predicted octanol–water partition coefficient (Wildman–Crippen LogP) is 4.16. The molecule has 1 heterocycles. The van der Waals surface area contributed by atoms with E-state index < -0.39 is 0 Å². The minimum absolute atomic E-state index is 0.148. The number of rotatable bonds is 4. The average molecular weight is 328 g/mol. The third-order valence-corrected chi connectivity index (χ3v) is 3.58. The molecule has 0 aliphatic rings. The van der Waals surface area contributed by atoms with Gasteiger partial charge in [-0.05, 0) is 42.7 Å². The molecule has 0 amide bonds. The van der Waals surface area contributed by atoms with Crippen molar-refractivity contribution in [2.45, 2.75) is 19.4 Å². The minimum atomic E-state index is -0.148. The number of nitrogens with zero attached hydrogens (tertiary/aromatic N) is 1. The van der Waals surface area contributed by atoms with E-state index in [4.69, 9.17) is 10.5 Å². The molecule has 3 nitrogen and oxygen atoms in total. The van der Waals surface area contributed by atoms with Gasteiger partial charge in [-0.2, -0.15) is 0 Å². The van der Waals surface area contributed by atoms with Crippen LogP contribution in [0.25, 0.3) is 0 Å². The molecule has 2 aromatic carbocycles. The molecule has 3 heteroatoms. The third-order valence-electron chi connectivity index (χ3n) is 3.58. The summed E-state index contributed by atoms with van der Waals surface area (Å²) in [6.07, 6.45) is 2.60. The molecule has 0 aliphatic carbocycles. The summed E-state index contributed by atoms with van der Waals surface area (Å²) in [5.41, 5.74) is 8.97. The fourth-order valence-corrected chi connectivity index (χ4v) is 2.34. The molecule has 25 heavy (non-hydrogen) atoms. The van der Waals surface area contributed by atoms with Crippen LogP contribution >= 0.6 is 0 Å². The first-order valence-electron chi connectivity index (χ1n) is 8.23. The van der Waals surface area contributed by atoms with Gasteiger partial charge in [0.25, 0.3) is 0 Å². The van der Waals surface area contributed by atoms with Gasteiger partial charge in [0.05, 0.1) is 6.04 Å². The van der Waals surface area contributed by atoms with E-state index in [0.29, 0.717) is 5.88 Å². The maximum atomic E-state index is 5.78. The standard InChI is InChI=1S/C22H20N2O/c1-17(23)7-8-20-11-14-22(24-16-20)25-21-12-9-19(10-13-21)15-18-5-3-2-4-6-18/h2-6,9-14,16-17H,15,23H2,1H3. The molecule has 3 rings (SSSR count). The molecule has 0 aliphatic heterocycles. The van der Waals surface area contributed by atoms with Gasteiger partial charge in [-0.25, -0.2) is 4.98 Å². The number of benzene rings is 2. The Morgan fingerprint density at radius 2 is 1.68 bits per heavy atom. The highest BCUT2D eigenvalue weighted by molar-refractivity contribution is 5.37. The van der Waals surface area contributed by atoms with Crippen LogP contribution in [0.3, 0.4) is 0 Å². The van der Waals surface area contributed by atoms with Gasteiger partial charge >= 0.3 is 0 Å². The van der Waals surface area contributed by atoms with Crippen molar-refractivity contribution in [2.75, 3.05) is 0 Å². The largest absolute Gasteiger partial charge is 0.439 e. The van der Waals surface area contributed by atoms with E-state index >= 15 is 0 Å². The molecule has 1 unspecified atom stereocenters. The van der Waals surface area contributed by atoms with E-state index in [0.717, 1.165) is 17.7 Å². The van der Waals surface area contributed by atoms with Crippen molar-refractivity contribution in [1.82, 2.24) is 4.98 Å². The van der Waals surface area contributed by atoms with Crippen molar-refractivity contribution in [2.24, 2.45) is 5.73 Å². The summed E-state index contributed by atoms with van der Waals surface area (Å²) in [6.45, 7) is 1.85. The minimum Gasteiger partial charge on any atom is -0.439 e. The van der Waals surface area contributed by atoms with Crippen LogP contribution in [0.4, 0.5) is 0 Å². The quantitative estimate of drug-likeness (QED) is 0.732. The molecule has 2 N–H and O–H groups in total. The molecule has 1 aromatic heterocycles. The number of pyridine rings is 1. The molecule has 0 radical (unpaired) electrons. The lowest BCUT2D eigenvalue weighted by Gasteiger charge is -2.06. The number of nitrogens with two attached hydrogens (primary N) is 1. The smallest absolute Gasteiger partial charge is 0.219 e. The Hall–Kier alpha value is -3.09. The van der Waals surface area contributed by atoms with E-state index in [2.05, 4.69) is 53.2 Å². The average Bonchev–Trinajstić information content (AvgIpc) is 2.64. The van der Waals surface area contributed by atoms with Gasteiger partial charge in [0, 0.05) is 17.8 Å². The molecular weight excluding hydrogens is 308 g/mol. The second-order valence-corrected chi connectivity index (χ2v) is 5.85. The summed E-state index contributed by atoms with van der Waals surface area (Å²) >= 11 is 0. The van der Waals surface area contributed by atoms with Gasteiger partial charge in [0.15, 0.2) is 0 Å². The first kappa shape index (κ1) is 16.8. The Morgan fingerprint density at radius 3 is 2.32 bits per heavy atom. The van der Waals surface area contributed by atoms with E-state index in [1.807, 2.05) is 37.3 Å². The summed E-state index contributed by atoms with van der Waals surface area (Å²) in [4.78, 5) is 4.28. The molecule has 0 saturated heterocycles. The number of aromatic nitrogens is 1. The normalized spacial score (nSPS) is 11.3. The molecule has 1 atom stereocenters. The van der Waals surface area contributed by atoms with Gasteiger partial charge in [-0.3, -0.25) is 0 Å². The van der Waals surface area contributed by atoms with Crippen LogP contribution < -0.4 is 10.5 Å². The maximum absolute atomic E-state index is 5.78. The van der Waals surface area contributed by atoms with Crippen LogP contribution in [0.15, 0.2) is 72.9 Å². The van der Waals surface area contributed by atoms with Gasteiger partial charge in [-0.1, -0.05) is 54.3 Å². The predicted molar refractivity (Wildman–Crippen MR) is 101 cm³/mol. The van der Waals surface area contributed by atoms with Crippen molar-refractivity contribution >= 4 is 0 Å². The second-order valence-electron chi connectivity index (χ2n) is 5.85. The van der Waals surface area contributed by atoms with Crippen LogP contribution in [0.5, 0.6) is 11.6 Å². The van der Waals surface area contributed by atoms with Crippen LogP contribution in [0.2, 0.25) is 0 Å². The first-order chi connectivity index (χ1) is 12.2. The molecule has 0 saturated carbocycles. The van der Waals surface area contributed by atoms with E-state index in [1.165, 1.54) is 11.1 Å². The maximum Gasteiger partial charge on any atom is 0.219 e. The van der Waals surface area contributed by atoms with Gasteiger partial charge in [0.2, 0.25) is 5.88 Å². The monoisotopic (exact) mass is 328 g/mol. The van der Waals surface area contributed by atoms with Crippen LogP contribution in [-0.2, 0) is 6.42 Å². The highest BCUT2D eigenvalue weighted by Crippen LogP contribution is 2.21. The first-order valence-corrected chi connectivity index (χ1v) is 8.23. The topological polar surface area (TPSA) is 48.1 Å². The third kappa shape index (κ3) is 5.20. The summed E-state index contributed by atoms with van der Waals surface area (Å²) < 4.78 is 5.78. The summed E-state index contributed by atoms with van der Waals surface area (Å²) in [6, 6.07) is 22.0. The zero-order chi connectivity index (χ0) is 17.5. The molecule has 0 spiro atoms. The van der Waals surface area contributed by atoms with Crippen molar-refractivity contribution in [1.29, 1.82) is 0 Å². The molecule has 3 aromatic rings. The van der Waals surface area contributed by atoms with Gasteiger partial charge in [0.1, 0.15) is 5.75 Å². The van der Waals surface area contributed by atoms with Gasteiger partial charge in [-0.15, -0.1) is 0 Å². The second kappa shape index (κ2) is 8.14. The molecule has 0 bridgehead atoms. The Morgan fingerprint density at radius 1 is 0.960 bits per heavy atom. The van der Waals surface area contributed by atoms with E-state index in [9.17, 15) is 0 Å². The highest BCUT2D eigenvalue weighted by atomic mass is 16.5. The number of hydrogen-bond acceptors (Lipinski definition) is 3. The summed E-state index contributed by atoms with van der Waals surface area (Å²) in [5, 5.41) is 0. The van der Waals surface area contributed by atoms with Crippen molar-refractivity contribution in [3.63, 3.8) is 0 Å². The fourth-order valence-electron chi connectivity index (χ4n) is 2.34. The molecule has 124 valence electrons. The van der Waals surface area contributed by atoms with Crippen molar-refractivity contribution < 1.29 is 4.74 Å². The highest BCUT2D eigenvalue weighted by Gasteiger charge is 2.01. The van der Waals surface area contributed by atoms with E-state index in [1.54, 1.807) is 6.20 Å². The van der Waals surface area contributed by atoms with Crippen LogP contribution in [0, 0.1) is 11.8 Å². The lowest BCUT2D eigenvalue weighted by Crippen LogP contribution is -2.10. The van der Waals surface area contributed by atoms with Crippen LogP contribution in [0.1, 0.15) is 23.6 Å². The molecule has 0 fully saturated rings. The Kier molecular flexibility index (Phi) is 5.46. The Bertz CT molecular complexity index is 858. The zero-order valence-corrected chi connectivity index (χ0v) is 14.1. The Balaban J connectivity index is 1.62. The van der Waals surface area contributed by atoms with Crippen molar-refractivity contribution in [3.05, 3.63) is 89.6 Å². The summed E-state index contributed by atoms with van der Waals surface area (Å²) in [5.74, 6) is 7.18. The Labute approximate surface area is 148 Å². The SMILES string of the molecule is CC(N)C#Cc1ccc(Oc2ccc(Cc3ccccc3)cc2)nc1. The molecular formula is C22H20N2O. The fraction of sp³-hybridized carbons (Fsp3) is 0.136. The number of hydrogen-bond donors (Lipinski definition) is 1. The van der Waals surface area contributed by atoms with E-state index in [-0.39, 0.29) is 6.04 Å². The number of ether oxygens (including phenoxy) is 1.